The topological polar surface area (TPSA) is 57.0 Å². The van der Waals surface area contributed by atoms with Gasteiger partial charge in [-0.3, -0.25) is 0 Å². The van der Waals surface area contributed by atoms with Crippen LogP contribution in [0.25, 0.3) is 21.8 Å². The number of nitrogen functional groups attached to an aromatic ring is 1. The van der Waals surface area contributed by atoms with E-state index in [4.69, 9.17) is 11.5 Å². The molecule has 1 aromatic heterocycles. The first-order valence-corrected chi connectivity index (χ1v) is 6.26. The zero-order valence-electron chi connectivity index (χ0n) is 10.4. The summed E-state index contributed by atoms with van der Waals surface area (Å²) >= 11 is 0. The molecule has 18 heavy (non-hydrogen) atoms. The second kappa shape index (κ2) is 4.03. The lowest BCUT2D eigenvalue weighted by Gasteiger charge is -2.14. The van der Waals surface area contributed by atoms with E-state index >= 15 is 0 Å². The summed E-state index contributed by atoms with van der Waals surface area (Å²) in [5.41, 5.74) is 15.2. The molecule has 0 spiro atoms. The summed E-state index contributed by atoms with van der Waals surface area (Å²) in [6.45, 7) is 2.10. The van der Waals surface area contributed by atoms with Crippen molar-refractivity contribution >= 4 is 27.5 Å². The quantitative estimate of drug-likeness (QED) is 0.674. The SMILES string of the molecule is CCC(N)n1c2ccccc2c2cc(N)ccc21. The molecule has 4 N–H and O–H groups in total. The molecule has 1 heterocycles. The molecule has 0 bridgehead atoms. The van der Waals surface area contributed by atoms with Crippen molar-refractivity contribution in [3.8, 4) is 0 Å². The van der Waals surface area contributed by atoms with E-state index in [9.17, 15) is 0 Å². The molecule has 0 radical (unpaired) electrons. The summed E-state index contributed by atoms with van der Waals surface area (Å²) in [6.07, 6.45) is 0.897. The van der Waals surface area contributed by atoms with Gasteiger partial charge < -0.3 is 16.0 Å². The molecule has 0 saturated heterocycles. The number of fused-ring (bicyclic) bond motifs is 3. The second-order valence-electron chi connectivity index (χ2n) is 4.64. The third-order valence-corrected chi connectivity index (χ3v) is 3.48. The zero-order valence-corrected chi connectivity index (χ0v) is 10.4. The number of hydrogen-bond acceptors (Lipinski definition) is 2. The van der Waals surface area contributed by atoms with Crippen LogP contribution in [0.2, 0.25) is 0 Å². The molecule has 3 heteroatoms. The molecule has 0 aliphatic carbocycles. The van der Waals surface area contributed by atoms with Gasteiger partial charge in [0.25, 0.3) is 0 Å². The molecule has 0 saturated carbocycles. The van der Waals surface area contributed by atoms with Gasteiger partial charge >= 0.3 is 0 Å². The van der Waals surface area contributed by atoms with Crippen molar-refractivity contribution in [1.29, 1.82) is 0 Å². The number of aromatic nitrogens is 1. The zero-order chi connectivity index (χ0) is 12.7. The summed E-state index contributed by atoms with van der Waals surface area (Å²) < 4.78 is 2.20. The van der Waals surface area contributed by atoms with Crippen molar-refractivity contribution < 1.29 is 0 Å². The normalized spacial score (nSPS) is 13.2. The first-order valence-electron chi connectivity index (χ1n) is 6.26. The van der Waals surface area contributed by atoms with Crippen LogP contribution in [0.4, 0.5) is 5.69 Å². The minimum atomic E-state index is -0.00368. The number of rotatable bonds is 2. The Morgan fingerprint density at radius 1 is 1.06 bits per heavy atom. The average molecular weight is 239 g/mol. The highest BCUT2D eigenvalue weighted by atomic mass is 15.1. The first-order chi connectivity index (χ1) is 8.72. The predicted molar refractivity (Wildman–Crippen MR) is 77.4 cm³/mol. The molecule has 3 nitrogen and oxygen atoms in total. The highest BCUT2D eigenvalue weighted by Crippen LogP contribution is 2.32. The van der Waals surface area contributed by atoms with Gasteiger partial charge in [0.05, 0.1) is 17.2 Å². The molecule has 2 aromatic carbocycles. The van der Waals surface area contributed by atoms with Crippen molar-refractivity contribution in [2.24, 2.45) is 5.73 Å². The fourth-order valence-corrected chi connectivity index (χ4v) is 2.56. The fraction of sp³-hybridized carbons (Fsp3) is 0.200. The van der Waals surface area contributed by atoms with Crippen molar-refractivity contribution in [1.82, 2.24) is 4.57 Å². The fourth-order valence-electron chi connectivity index (χ4n) is 2.56. The van der Waals surface area contributed by atoms with Crippen LogP contribution >= 0.6 is 0 Å². The Balaban J connectivity index is 2.49. The van der Waals surface area contributed by atoms with Gasteiger partial charge in [0.15, 0.2) is 0 Å². The lowest BCUT2D eigenvalue weighted by atomic mass is 10.1. The van der Waals surface area contributed by atoms with E-state index in [1.807, 2.05) is 24.3 Å². The minimum Gasteiger partial charge on any atom is -0.399 e. The smallest absolute Gasteiger partial charge is 0.0818 e. The molecule has 3 aromatic rings. The molecule has 3 rings (SSSR count). The standard InChI is InChI=1S/C15H17N3/c1-2-15(17)18-13-6-4-3-5-11(13)12-9-10(16)7-8-14(12)18/h3-9,15H,2,16-17H2,1H3. The van der Waals surface area contributed by atoms with Crippen molar-refractivity contribution in [3.63, 3.8) is 0 Å². The number of nitrogens with two attached hydrogens (primary N) is 2. The predicted octanol–water partition coefficient (Wildman–Crippen LogP) is 3.24. The van der Waals surface area contributed by atoms with E-state index in [1.54, 1.807) is 0 Å². The number of anilines is 1. The van der Waals surface area contributed by atoms with Crippen LogP contribution in [0.3, 0.4) is 0 Å². The lowest BCUT2D eigenvalue weighted by Crippen LogP contribution is -2.17. The van der Waals surface area contributed by atoms with Gasteiger partial charge in [-0.05, 0) is 30.7 Å². The van der Waals surface area contributed by atoms with Gasteiger partial charge in [-0.1, -0.05) is 25.1 Å². The molecule has 0 aliphatic rings. The molecule has 92 valence electrons. The third-order valence-electron chi connectivity index (χ3n) is 3.48. The van der Waals surface area contributed by atoms with Crippen molar-refractivity contribution in [2.45, 2.75) is 19.5 Å². The summed E-state index contributed by atoms with van der Waals surface area (Å²) in [7, 11) is 0. The number of benzene rings is 2. The van der Waals surface area contributed by atoms with E-state index in [0.717, 1.165) is 17.6 Å². The molecular formula is C15H17N3. The largest absolute Gasteiger partial charge is 0.399 e. The molecular weight excluding hydrogens is 222 g/mol. The maximum atomic E-state index is 6.24. The Labute approximate surface area is 106 Å². The molecule has 0 fully saturated rings. The van der Waals surface area contributed by atoms with Gasteiger partial charge in [0, 0.05) is 16.5 Å². The van der Waals surface area contributed by atoms with Crippen LogP contribution in [0, 0.1) is 0 Å². The summed E-state index contributed by atoms with van der Waals surface area (Å²) in [4.78, 5) is 0. The third kappa shape index (κ3) is 1.48. The van der Waals surface area contributed by atoms with Crippen LogP contribution in [0.1, 0.15) is 19.5 Å². The van der Waals surface area contributed by atoms with Crippen molar-refractivity contribution in [3.05, 3.63) is 42.5 Å². The lowest BCUT2D eigenvalue weighted by molar-refractivity contribution is 0.535. The Bertz CT molecular complexity index is 712. The number of hydrogen-bond donors (Lipinski definition) is 2. The maximum absolute atomic E-state index is 6.24. The Kier molecular flexibility index (Phi) is 2.49. The van der Waals surface area contributed by atoms with Gasteiger partial charge in [0.2, 0.25) is 0 Å². The number of nitrogens with zero attached hydrogens (tertiary/aromatic N) is 1. The Hall–Kier alpha value is -2.00. The number of para-hydroxylation sites is 1. The van der Waals surface area contributed by atoms with Crippen LogP contribution < -0.4 is 11.5 Å². The van der Waals surface area contributed by atoms with E-state index in [0.29, 0.717) is 0 Å². The Morgan fingerprint density at radius 3 is 2.56 bits per heavy atom. The van der Waals surface area contributed by atoms with Crippen LogP contribution in [0.15, 0.2) is 42.5 Å². The highest BCUT2D eigenvalue weighted by Gasteiger charge is 2.13. The second-order valence-corrected chi connectivity index (χ2v) is 4.64. The summed E-state index contributed by atoms with van der Waals surface area (Å²) in [5.74, 6) is 0. The minimum absolute atomic E-state index is 0.00368. The Morgan fingerprint density at radius 2 is 1.78 bits per heavy atom. The average Bonchev–Trinajstić information content (AvgIpc) is 2.72. The van der Waals surface area contributed by atoms with E-state index in [1.165, 1.54) is 16.3 Å². The van der Waals surface area contributed by atoms with Crippen LogP contribution in [0.5, 0.6) is 0 Å². The molecule has 0 amide bonds. The summed E-state index contributed by atoms with van der Waals surface area (Å²) in [6, 6.07) is 14.3. The van der Waals surface area contributed by atoms with E-state index in [2.05, 4.69) is 29.7 Å². The molecule has 0 aliphatic heterocycles. The monoisotopic (exact) mass is 239 g/mol. The van der Waals surface area contributed by atoms with Gasteiger partial charge in [-0.25, -0.2) is 0 Å². The van der Waals surface area contributed by atoms with Gasteiger partial charge in [-0.2, -0.15) is 0 Å². The van der Waals surface area contributed by atoms with Crippen LogP contribution in [-0.2, 0) is 0 Å². The highest BCUT2D eigenvalue weighted by molar-refractivity contribution is 6.09. The van der Waals surface area contributed by atoms with Crippen LogP contribution in [-0.4, -0.2) is 4.57 Å². The summed E-state index contributed by atoms with van der Waals surface area (Å²) in [5, 5.41) is 2.39. The molecule has 1 unspecified atom stereocenters. The van der Waals surface area contributed by atoms with Gasteiger partial charge in [0.1, 0.15) is 0 Å². The van der Waals surface area contributed by atoms with E-state index in [-0.39, 0.29) is 6.17 Å². The molecule has 1 atom stereocenters. The first kappa shape index (κ1) is 11.1. The van der Waals surface area contributed by atoms with Crippen molar-refractivity contribution in [2.75, 3.05) is 5.73 Å². The van der Waals surface area contributed by atoms with Gasteiger partial charge in [-0.15, -0.1) is 0 Å². The van der Waals surface area contributed by atoms with E-state index < -0.39 is 0 Å². The maximum Gasteiger partial charge on any atom is 0.0818 e.